The molecule has 90 valence electrons. The van der Waals surface area contributed by atoms with Crippen LogP contribution in [0, 0.1) is 12.7 Å². The van der Waals surface area contributed by atoms with Crippen LogP contribution in [0.2, 0.25) is 5.15 Å². The van der Waals surface area contributed by atoms with E-state index in [1.165, 1.54) is 19.2 Å². The van der Waals surface area contributed by atoms with Crippen LogP contribution in [0.25, 0.3) is 10.9 Å². The standard InChI is InChI=1S/C12H11ClFNO2/c1-6-4-7(14)5-8-9(6)10(12(16)17-3)11(13)15(8)2/h4-5H,1-3H3. The Labute approximate surface area is 103 Å². The van der Waals surface area contributed by atoms with E-state index in [1.54, 1.807) is 18.5 Å². The van der Waals surface area contributed by atoms with Gasteiger partial charge in [0.2, 0.25) is 0 Å². The number of aryl methyl sites for hydroxylation is 2. The molecule has 0 fully saturated rings. The van der Waals surface area contributed by atoms with Crippen molar-refractivity contribution in [1.29, 1.82) is 0 Å². The van der Waals surface area contributed by atoms with E-state index in [0.29, 0.717) is 16.5 Å². The van der Waals surface area contributed by atoms with Crippen molar-refractivity contribution in [2.45, 2.75) is 6.92 Å². The van der Waals surface area contributed by atoms with E-state index in [9.17, 15) is 9.18 Å². The molecule has 1 aromatic heterocycles. The van der Waals surface area contributed by atoms with Gasteiger partial charge in [0.25, 0.3) is 0 Å². The summed E-state index contributed by atoms with van der Waals surface area (Å²) in [6.45, 7) is 1.73. The van der Waals surface area contributed by atoms with Crippen molar-refractivity contribution in [2.75, 3.05) is 7.11 Å². The van der Waals surface area contributed by atoms with Crippen molar-refractivity contribution in [1.82, 2.24) is 4.57 Å². The minimum absolute atomic E-state index is 0.251. The molecule has 1 heterocycles. The van der Waals surface area contributed by atoms with Crippen LogP contribution in [-0.2, 0) is 11.8 Å². The summed E-state index contributed by atoms with van der Waals surface area (Å²) in [7, 11) is 2.96. The van der Waals surface area contributed by atoms with E-state index in [4.69, 9.17) is 16.3 Å². The SMILES string of the molecule is COC(=O)c1c(Cl)n(C)c2cc(F)cc(C)c12. The maximum atomic E-state index is 13.3. The van der Waals surface area contributed by atoms with Gasteiger partial charge in [-0.15, -0.1) is 0 Å². The van der Waals surface area contributed by atoms with Gasteiger partial charge in [0.15, 0.2) is 0 Å². The first kappa shape index (κ1) is 11.9. The lowest BCUT2D eigenvalue weighted by Crippen LogP contribution is -2.02. The molecule has 0 radical (unpaired) electrons. The topological polar surface area (TPSA) is 31.2 Å². The predicted octanol–water partition coefficient (Wildman–Crippen LogP) is 3.07. The van der Waals surface area contributed by atoms with Crippen LogP contribution in [0.15, 0.2) is 12.1 Å². The average Bonchev–Trinajstić information content (AvgIpc) is 2.53. The molecule has 0 unspecified atom stereocenters. The highest BCUT2D eigenvalue weighted by Gasteiger charge is 2.22. The number of carbonyl (C=O) groups excluding carboxylic acids is 1. The van der Waals surface area contributed by atoms with Gasteiger partial charge in [-0.2, -0.15) is 0 Å². The fraction of sp³-hybridized carbons (Fsp3) is 0.250. The molecular weight excluding hydrogens is 245 g/mol. The summed E-state index contributed by atoms with van der Waals surface area (Å²) in [4.78, 5) is 11.7. The molecule has 0 amide bonds. The molecule has 17 heavy (non-hydrogen) atoms. The van der Waals surface area contributed by atoms with Gasteiger partial charge in [0.05, 0.1) is 12.6 Å². The monoisotopic (exact) mass is 255 g/mol. The number of esters is 1. The van der Waals surface area contributed by atoms with Crippen LogP contribution >= 0.6 is 11.6 Å². The molecule has 0 N–H and O–H groups in total. The van der Waals surface area contributed by atoms with Gasteiger partial charge in [-0.05, 0) is 24.6 Å². The fourth-order valence-corrected chi connectivity index (χ4v) is 2.24. The first-order valence-corrected chi connectivity index (χ1v) is 5.37. The molecular formula is C12H11ClFNO2. The molecule has 3 nitrogen and oxygen atoms in total. The summed E-state index contributed by atoms with van der Waals surface area (Å²) in [5, 5.41) is 0.881. The number of ether oxygens (including phenoxy) is 1. The Balaban J connectivity index is 2.94. The third-order valence-corrected chi connectivity index (χ3v) is 3.22. The van der Waals surface area contributed by atoms with Crippen LogP contribution in [0.1, 0.15) is 15.9 Å². The minimum Gasteiger partial charge on any atom is -0.465 e. The van der Waals surface area contributed by atoms with Gasteiger partial charge in [0, 0.05) is 12.4 Å². The van der Waals surface area contributed by atoms with Gasteiger partial charge < -0.3 is 9.30 Å². The van der Waals surface area contributed by atoms with Crippen molar-refractivity contribution >= 4 is 28.5 Å². The Morgan fingerprint density at radius 1 is 1.47 bits per heavy atom. The zero-order valence-electron chi connectivity index (χ0n) is 9.67. The normalized spacial score (nSPS) is 10.9. The molecule has 0 bridgehead atoms. The first-order valence-electron chi connectivity index (χ1n) is 4.99. The van der Waals surface area contributed by atoms with Crippen LogP contribution in [0.3, 0.4) is 0 Å². The number of hydrogen-bond donors (Lipinski definition) is 0. The molecule has 0 aliphatic rings. The van der Waals surface area contributed by atoms with Crippen molar-refractivity contribution in [3.05, 3.63) is 34.2 Å². The number of fused-ring (bicyclic) bond motifs is 1. The number of carbonyl (C=O) groups is 1. The Hall–Kier alpha value is -1.55. The highest BCUT2D eigenvalue weighted by atomic mass is 35.5. The smallest absolute Gasteiger partial charge is 0.341 e. The fourth-order valence-electron chi connectivity index (χ4n) is 1.98. The minimum atomic E-state index is -0.518. The van der Waals surface area contributed by atoms with Gasteiger partial charge >= 0.3 is 5.97 Å². The number of hydrogen-bond acceptors (Lipinski definition) is 2. The Bertz CT molecular complexity index is 619. The third-order valence-electron chi connectivity index (χ3n) is 2.78. The van der Waals surface area contributed by atoms with E-state index >= 15 is 0 Å². The van der Waals surface area contributed by atoms with Gasteiger partial charge in [-0.1, -0.05) is 11.6 Å². The number of benzene rings is 1. The van der Waals surface area contributed by atoms with Crippen LogP contribution in [-0.4, -0.2) is 17.6 Å². The molecule has 0 atom stereocenters. The summed E-state index contributed by atoms with van der Waals surface area (Å²) in [6, 6.07) is 2.71. The maximum Gasteiger partial charge on any atom is 0.341 e. The number of aromatic nitrogens is 1. The van der Waals surface area contributed by atoms with Crippen molar-refractivity contribution < 1.29 is 13.9 Å². The Morgan fingerprint density at radius 2 is 2.12 bits per heavy atom. The number of rotatable bonds is 1. The van der Waals surface area contributed by atoms with E-state index in [-0.39, 0.29) is 16.5 Å². The molecule has 0 spiro atoms. The molecule has 0 saturated heterocycles. The van der Waals surface area contributed by atoms with Crippen LogP contribution in [0.4, 0.5) is 4.39 Å². The lowest BCUT2D eigenvalue weighted by Gasteiger charge is -2.01. The summed E-state index contributed by atoms with van der Waals surface area (Å²) in [5.74, 6) is -0.876. The van der Waals surface area contributed by atoms with Gasteiger partial charge in [0.1, 0.15) is 16.5 Å². The lowest BCUT2D eigenvalue weighted by molar-refractivity contribution is 0.0603. The molecule has 0 aliphatic heterocycles. The van der Waals surface area contributed by atoms with Crippen molar-refractivity contribution in [3.8, 4) is 0 Å². The second-order valence-electron chi connectivity index (χ2n) is 3.83. The van der Waals surface area contributed by atoms with E-state index in [2.05, 4.69) is 0 Å². The predicted molar refractivity (Wildman–Crippen MR) is 64.0 cm³/mol. The molecule has 2 rings (SSSR count). The van der Waals surface area contributed by atoms with Crippen molar-refractivity contribution in [3.63, 3.8) is 0 Å². The Morgan fingerprint density at radius 3 is 2.71 bits per heavy atom. The van der Waals surface area contributed by atoms with Crippen LogP contribution in [0.5, 0.6) is 0 Å². The number of methoxy groups -OCH3 is 1. The summed E-state index contributed by atoms with van der Waals surface area (Å²) in [6.07, 6.45) is 0. The summed E-state index contributed by atoms with van der Waals surface area (Å²) in [5.41, 5.74) is 1.51. The zero-order chi connectivity index (χ0) is 12.7. The van der Waals surface area contributed by atoms with Gasteiger partial charge in [-0.3, -0.25) is 0 Å². The Kier molecular flexibility index (Phi) is 2.83. The molecule has 0 aliphatic carbocycles. The second-order valence-corrected chi connectivity index (χ2v) is 4.19. The number of nitrogens with zero attached hydrogens (tertiary/aromatic N) is 1. The molecule has 1 aromatic carbocycles. The molecule has 0 saturated carbocycles. The van der Waals surface area contributed by atoms with Crippen LogP contribution < -0.4 is 0 Å². The third kappa shape index (κ3) is 1.69. The quantitative estimate of drug-likeness (QED) is 0.734. The summed E-state index contributed by atoms with van der Waals surface area (Å²) >= 11 is 6.07. The summed E-state index contributed by atoms with van der Waals surface area (Å²) < 4.78 is 19.6. The maximum absolute atomic E-state index is 13.3. The first-order chi connectivity index (χ1) is 7.97. The number of halogens is 2. The largest absolute Gasteiger partial charge is 0.465 e. The highest BCUT2D eigenvalue weighted by Crippen LogP contribution is 2.32. The van der Waals surface area contributed by atoms with E-state index in [0.717, 1.165) is 0 Å². The van der Waals surface area contributed by atoms with E-state index < -0.39 is 5.97 Å². The highest BCUT2D eigenvalue weighted by molar-refractivity contribution is 6.35. The average molecular weight is 256 g/mol. The van der Waals surface area contributed by atoms with Crippen molar-refractivity contribution in [2.24, 2.45) is 7.05 Å². The second kappa shape index (κ2) is 4.04. The molecule has 2 aromatic rings. The molecule has 5 heteroatoms. The zero-order valence-corrected chi connectivity index (χ0v) is 10.4. The van der Waals surface area contributed by atoms with Gasteiger partial charge in [-0.25, -0.2) is 9.18 Å². The van der Waals surface area contributed by atoms with E-state index in [1.807, 2.05) is 0 Å². The lowest BCUT2D eigenvalue weighted by atomic mass is 10.1.